The Kier molecular flexibility index (Phi) is 7.20. The maximum absolute atomic E-state index is 9.26. The van der Waals surface area contributed by atoms with Crippen molar-refractivity contribution in [3.05, 3.63) is 0 Å². The monoisotopic (exact) mass is 299 g/mol. The number of nitrogens with two attached hydrogens (primary N) is 1. The third-order valence-electron chi connectivity index (χ3n) is 5.62. The Labute approximate surface area is 130 Å². The van der Waals surface area contributed by atoms with Crippen molar-refractivity contribution in [3.63, 3.8) is 0 Å². The second-order valence-corrected chi connectivity index (χ2v) is 7.90. The Balaban J connectivity index is 1.97. The van der Waals surface area contributed by atoms with Crippen LogP contribution in [-0.2, 0) is 0 Å². The van der Waals surface area contributed by atoms with E-state index in [4.69, 9.17) is 18.4 Å². The van der Waals surface area contributed by atoms with E-state index in [2.05, 4.69) is 0 Å². The minimum absolute atomic E-state index is 0.0208. The molecule has 0 aromatic rings. The summed E-state index contributed by atoms with van der Waals surface area (Å²) in [7, 11) is 0. The van der Waals surface area contributed by atoms with Crippen molar-refractivity contribution in [2.45, 2.75) is 81.9 Å². The van der Waals surface area contributed by atoms with Gasteiger partial charge in [-0.25, -0.2) is 0 Å². The molecular formula is C17H33NOS. The molecular weight excluding hydrogens is 266 g/mol. The maximum Gasteiger partial charge on any atom is 0.0582 e. The Bertz CT molecular complexity index is 261. The summed E-state index contributed by atoms with van der Waals surface area (Å²) in [6, 6.07) is -0.0208. The van der Waals surface area contributed by atoms with Gasteiger partial charge in [0.15, 0.2) is 0 Å². The topological polar surface area (TPSA) is 46.2 Å². The van der Waals surface area contributed by atoms with Gasteiger partial charge in [0.25, 0.3) is 0 Å². The van der Waals surface area contributed by atoms with E-state index in [-0.39, 0.29) is 12.6 Å². The van der Waals surface area contributed by atoms with E-state index in [0.717, 1.165) is 24.2 Å². The maximum atomic E-state index is 9.26. The summed E-state index contributed by atoms with van der Waals surface area (Å²) in [4.78, 5) is 0. The lowest BCUT2D eigenvalue weighted by Crippen LogP contribution is -2.37. The lowest BCUT2D eigenvalue weighted by molar-refractivity contribution is 0.118. The second kappa shape index (κ2) is 8.65. The number of aliphatic hydroxyl groups excluding tert-OH is 1. The predicted octanol–water partition coefficient (Wildman–Crippen LogP) is 3.77. The van der Waals surface area contributed by atoms with Gasteiger partial charge in [-0.05, 0) is 43.4 Å². The van der Waals surface area contributed by atoms with Gasteiger partial charge in [-0.2, -0.15) is 12.6 Å². The number of hydrogen-bond acceptors (Lipinski definition) is 3. The first-order valence-corrected chi connectivity index (χ1v) is 9.27. The van der Waals surface area contributed by atoms with E-state index in [1.54, 1.807) is 0 Å². The zero-order valence-electron chi connectivity index (χ0n) is 12.8. The summed E-state index contributed by atoms with van der Waals surface area (Å²) in [6.07, 6.45) is 14.7. The molecule has 20 heavy (non-hydrogen) atoms. The molecule has 0 aliphatic heterocycles. The molecule has 0 aromatic heterocycles. The van der Waals surface area contributed by atoms with Crippen molar-refractivity contribution in [1.29, 1.82) is 0 Å². The van der Waals surface area contributed by atoms with Gasteiger partial charge < -0.3 is 10.8 Å². The average molecular weight is 300 g/mol. The molecule has 118 valence electrons. The molecule has 3 heteroatoms. The molecule has 3 N–H and O–H groups in total. The summed E-state index contributed by atoms with van der Waals surface area (Å²) in [5.41, 5.74) is 6.02. The third kappa shape index (κ3) is 4.92. The van der Waals surface area contributed by atoms with Crippen LogP contribution in [0.15, 0.2) is 0 Å². The molecule has 2 nitrogen and oxygen atoms in total. The minimum atomic E-state index is -0.0208. The van der Waals surface area contributed by atoms with Crippen LogP contribution in [0.25, 0.3) is 0 Å². The highest BCUT2D eigenvalue weighted by molar-refractivity contribution is 7.80. The Hall–Kier alpha value is 0.270. The summed E-state index contributed by atoms with van der Waals surface area (Å²) in [5, 5.41) is 9.85. The molecule has 2 saturated carbocycles. The van der Waals surface area contributed by atoms with Crippen molar-refractivity contribution >= 4 is 12.6 Å². The summed E-state index contributed by atoms with van der Waals surface area (Å²) < 4.78 is 0. The summed E-state index contributed by atoms with van der Waals surface area (Å²) in [6.45, 7) is 0.137. The van der Waals surface area contributed by atoms with Crippen molar-refractivity contribution < 1.29 is 5.11 Å². The van der Waals surface area contributed by atoms with Crippen molar-refractivity contribution in [3.8, 4) is 0 Å². The van der Waals surface area contributed by atoms with Crippen LogP contribution in [0, 0.1) is 17.8 Å². The van der Waals surface area contributed by atoms with Gasteiger partial charge in [0.1, 0.15) is 0 Å². The molecule has 2 fully saturated rings. The van der Waals surface area contributed by atoms with Crippen LogP contribution in [-0.4, -0.2) is 23.0 Å². The van der Waals surface area contributed by atoms with E-state index in [1.807, 2.05) is 0 Å². The highest BCUT2D eigenvalue weighted by atomic mass is 32.1. The molecule has 2 aliphatic rings. The summed E-state index contributed by atoms with van der Waals surface area (Å²) in [5.74, 6) is 2.42. The van der Waals surface area contributed by atoms with Gasteiger partial charge >= 0.3 is 0 Å². The lowest BCUT2D eigenvalue weighted by atomic mass is 9.67. The molecule has 0 heterocycles. The van der Waals surface area contributed by atoms with Crippen LogP contribution in [0.1, 0.15) is 70.6 Å². The van der Waals surface area contributed by atoms with E-state index in [1.165, 1.54) is 64.2 Å². The molecule has 4 atom stereocenters. The van der Waals surface area contributed by atoms with E-state index >= 15 is 0 Å². The Morgan fingerprint density at radius 3 is 2.30 bits per heavy atom. The molecule has 0 amide bonds. The third-order valence-corrected chi connectivity index (χ3v) is 6.08. The first kappa shape index (κ1) is 16.6. The van der Waals surface area contributed by atoms with E-state index in [0.29, 0.717) is 5.25 Å². The van der Waals surface area contributed by atoms with Gasteiger partial charge in [0.05, 0.1) is 6.61 Å². The smallest absolute Gasteiger partial charge is 0.0582 e. The van der Waals surface area contributed by atoms with E-state index < -0.39 is 0 Å². The normalized spacial score (nSPS) is 35.2. The molecule has 2 aliphatic carbocycles. The number of rotatable bonds is 4. The first-order valence-electron chi connectivity index (χ1n) is 8.75. The summed E-state index contributed by atoms with van der Waals surface area (Å²) >= 11 is 4.76. The molecule has 0 spiro atoms. The highest BCUT2D eigenvalue weighted by Gasteiger charge is 2.35. The molecule has 0 bridgehead atoms. The average Bonchev–Trinajstić information content (AvgIpc) is 2.40. The van der Waals surface area contributed by atoms with Gasteiger partial charge in [0.2, 0.25) is 0 Å². The molecule has 0 radical (unpaired) electrons. The van der Waals surface area contributed by atoms with Crippen molar-refractivity contribution in [2.75, 3.05) is 6.61 Å². The van der Waals surface area contributed by atoms with Crippen LogP contribution in [0.5, 0.6) is 0 Å². The Morgan fingerprint density at radius 1 is 1.00 bits per heavy atom. The van der Waals surface area contributed by atoms with Crippen molar-refractivity contribution in [2.24, 2.45) is 23.5 Å². The fourth-order valence-corrected chi connectivity index (χ4v) is 4.89. The predicted molar refractivity (Wildman–Crippen MR) is 89.1 cm³/mol. The zero-order valence-corrected chi connectivity index (χ0v) is 13.7. The van der Waals surface area contributed by atoms with Crippen molar-refractivity contribution in [1.82, 2.24) is 0 Å². The van der Waals surface area contributed by atoms with Gasteiger partial charge in [-0.15, -0.1) is 0 Å². The SMILES string of the molecule is NC(CO)CC1CCC(S)CC1C1CCCCCCC1. The quantitative estimate of drug-likeness (QED) is 0.692. The standard InChI is InChI=1S/C17H33NOS/c18-15(12-19)10-14-8-9-16(20)11-17(14)13-6-4-2-1-3-5-7-13/h13-17,19-20H,1-12,18H2. The zero-order chi connectivity index (χ0) is 14.4. The first-order chi connectivity index (χ1) is 9.70. The molecule has 0 aromatic carbocycles. The Morgan fingerprint density at radius 2 is 1.65 bits per heavy atom. The second-order valence-electron chi connectivity index (χ2n) is 7.17. The number of hydrogen-bond donors (Lipinski definition) is 3. The molecule has 4 unspecified atom stereocenters. The van der Waals surface area contributed by atoms with Crippen LogP contribution in [0.2, 0.25) is 0 Å². The van der Waals surface area contributed by atoms with Gasteiger partial charge in [-0.3, -0.25) is 0 Å². The number of thiol groups is 1. The largest absolute Gasteiger partial charge is 0.395 e. The fourth-order valence-electron chi connectivity index (χ4n) is 4.49. The lowest BCUT2D eigenvalue weighted by Gasteiger charge is -2.41. The minimum Gasteiger partial charge on any atom is -0.395 e. The van der Waals surface area contributed by atoms with Gasteiger partial charge in [-0.1, -0.05) is 44.9 Å². The molecule has 0 saturated heterocycles. The van der Waals surface area contributed by atoms with Crippen LogP contribution in [0.4, 0.5) is 0 Å². The van der Waals surface area contributed by atoms with E-state index in [9.17, 15) is 5.11 Å². The molecule has 2 rings (SSSR count). The van der Waals surface area contributed by atoms with Crippen LogP contribution in [0.3, 0.4) is 0 Å². The van der Waals surface area contributed by atoms with Crippen LogP contribution < -0.4 is 5.73 Å². The van der Waals surface area contributed by atoms with Crippen LogP contribution >= 0.6 is 12.6 Å². The fraction of sp³-hybridized carbons (Fsp3) is 1.00. The highest BCUT2D eigenvalue weighted by Crippen LogP contribution is 2.43. The number of aliphatic hydroxyl groups is 1. The van der Waals surface area contributed by atoms with Gasteiger partial charge in [0, 0.05) is 11.3 Å².